The molecule has 0 aliphatic carbocycles. The van der Waals surface area contributed by atoms with Crippen molar-refractivity contribution < 1.29 is 0 Å². The minimum Gasteiger partial charge on any atom is -0.382 e. The molecule has 0 radical (unpaired) electrons. The highest BCUT2D eigenvalue weighted by molar-refractivity contribution is 5.80. The number of hydrogen-bond acceptors (Lipinski definition) is 3. The van der Waals surface area contributed by atoms with Gasteiger partial charge in [-0.15, -0.1) is 0 Å². The SMILES string of the molecule is C=C(NCC(C)=N)[C@H](N)CC. The highest BCUT2D eigenvalue weighted by Crippen LogP contribution is 1.95. The first kappa shape index (κ1) is 10.2. The predicted octanol–water partition coefficient (Wildman–Crippen LogP) is 0.867. The standard InChI is InChI=1S/C8H17N3/c1-4-8(10)7(3)11-5-6(2)9/h8-9,11H,3-5,10H2,1-2H3/t8-/m1/s1. The zero-order valence-electron chi connectivity index (χ0n) is 7.28. The van der Waals surface area contributed by atoms with Gasteiger partial charge in [0.25, 0.3) is 0 Å². The van der Waals surface area contributed by atoms with Gasteiger partial charge in [0.05, 0.1) is 6.54 Å². The smallest absolute Gasteiger partial charge is 0.0521 e. The van der Waals surface area contributed by atoms with E-state index in [0.29, 0.717) is 12.3 Å². The van der Waals surface area contributed by atoms with Crippen molar-refractivity contribution in [1.29, 1.82) is 5.41 Å². The second-order valence-corrected chi connectivity index (χ2v) is 2.67. The number of hydrogen-bond donors (Lipinski definition) is 3. The molecular formula is C8H17N3. The monoisotopic (exact) mass is 155 g/mol. The molecule has 3 nitrogen and oxygen atoms in total. The molecule has 0 unspecified atom stereocenters. The summed E-state index contributed by atoms with van der Waals surface area (Å²) in [5.74, 6) is 0. The summed E-state index contributed by atoms with van der Waals surface area (Å²) in [7, 11) is 0. The Balaban J connectivity index is 3.60. The lowest BCUT2D eigenvalue weighted by molar-refractivity contribution is 0.681. The van der Waals surface area contributed by atoms with Crippen molar-refractivity contribution in [3.63, 3.8) is 0 Å². The Morgan fingerprint density at radius 1 is 1.73 bits per heavy atom. The summed E-state index contributed by atoms with van der Waals surface area (Å²) >= 11 is 0. The number of rotatable bonds is 5. The van der Waals surface area contributed by atoms with Crippen molar-refractivity contribution >= 4 is 5.71 Å². The van der Waals surface area contributed by atoms with Crippen molar-refractivity contribution in [3.05, 3.63) is 12.3 Å². The van der Waals surface area contributed by atoms with Crippen LogP contribution in [0.2, 0.25) is 0 Å². The molecule has 0 saturated carbocycles. The van der Waals surface area contributed by atoms with Crippen LogP contribution < -0.4 is 11.1 Å². The van der Waals surface area contributed by atoms with Gasteiger partial charge in [0.2, 0.25) is 0 Å². The Morgan fingerprint density at radius 3 is 2.64 bits per heavy atom. The normalized spacial score (nSPS) is 12.3. The molecule has 0 aromatic carbocycles. The summed E-state index contributed by atoms with van der Waals surface area (Å²) in [4.78, 5) is 0. The minimum atomic E-state index is 0.00866. The van der Waals surface area contributed by atoms with E-state index in [0.717, 1.165) is 12.1 Å². The van der Waals surface area contributed by atoms with Crippen LogP contribution in [0.15, 0.2) is 12.3 Å². The Hall–Kier alpha value is -0.830. The third-order valence-electron chi connectivity index (χ3n) is 1.47. The van der Waals surface area contributed by atoms with E-state index in [1.807, 2.05) is 6.92 Å². The van der Waals surface area contributed by atoms with Crippen LogP contribution in [0.25, 0.3) is 0 Å². The first-order valence-corrected chi connectivity index (χ1v) is 3.80. The second-order valence-electron chi connectivity index (χ2n) is 2.67. The van der Waals surface area contributed by atoms with Crippen molar-refractivity contribution in [2.45, 2.75) is 26.3 Å². The van der Waals surface area contributed by atoms with Crippen LogP contribution >= 0.6 is 0 Å². The van der Waals surface area contributed by atoms with E-state index in [1.165, 1.54) is 0 Å². The van der Waals surface area contributed by atoms with Gasteiger partial charge < -0.3 is 16.5 Å². The average molecular weight is 155 g/mol. The van der Waals surface area contributed by atoms with Crippen LogP contribution in [0.1, 0.15) is 20.3 Å². The Kier molecular flexibility index (Phi) is 4.54. The fourth-order valence-electron chi connectivity index (χ4n) is 0.624. The zero-order valence-corrected chi connectivity index (χ0v) is 7.28. The van der Waals surface area contributed by atoms with Gasteiger partial charge in [-0.05, 0) is 13.3 Å². The van der Waals surface area contributed by atoms with Crippen molar-refractivity contribution in [1.82, 2.24) is 5.32 Å². The largest absolute Gasteiger partial charge is 0.382 e. The third-order valence-corrected chi connectivity index (χ3v) is 1.47. The van der Waals surface area contributed by atoms with E-state index in [-0.39, 0.29) is 6.04 Å². The molecule has 0 fully saturated rings. The molecule has 0 aliphatic rings. The molecule has 0 spiro atoms. The average Bonchev–Trinajstić information content (AvgIpc) is 1.98. The van der Waals surface area contributed by atoms with E-state index >= 15 is 0 Å². The molecule has 64 valence electrons. The molecule has 1 atom stereocenters. The first-order chi connectivity index (χ1) is 5.07. The molecule has 0 rings (SSSR count). The van der Waals surface area contributed by atoms with Gasteiger partial charge in [0.15, 0.2) is 0 Å². The van der Waals surface area contributed by atoms with Gasteiger partial charge in [-0.25, -0.2) is 0 Å². The van der Waals surface area contributed by atoms with Crippen molar-refractivity contribution in [2.24, 2.45) is 5.73 Å². The Labute approximate surface area is 68.2 Å². The van der Waals surface area contributed by atoms with Crippen LogP contribution in [0.3, 0.4) is 0 Å². The van der Waals surface area contributed by atoms with Crippen LogP contribution in [-0.2, 0) is 0 Å². The fourth-order valence-corrected chi connectivity index (χ4v) is 0.624. The van der Waals surface area contributed by atoms with Crippen molar-refractivity contribution in [2.75, 3.05) is 6.54 Å². The van der Waals surface area contributed by atoms with Gasteiger partial charge in [0, 0.05) is 17.5 Å². The van der Waals surface area contributed by atoms with Gasteiger partial charge >= 0.3 is 0 Å². The Bertz CT molecular complexity index is 151. The second kappa shape index (κ2) is 4.91. The zero-order chi connectivity index (χ0) is 8.85. The van der Waals surface area contributed by atoms with Crippen LogP contribution in [0.5, 0.6) is 0 Å². The summed E-state index contributed by atoms with van der Waals surface area (Å²) in [6.45, 7) is 8.07. The molecule has 0 amide bonds. The van der Waals surface area contributed by atoms with Crippen LogP contribution in [-0.4, -0.2) is 18.3 Å². The van der Waals surface area contributed by atoms with E-state index in [4.69, 9.17) is 11.1 Å². The lowest BCUT2D eigenvalue weighted by Gasteiger charge is -2.14. The van der Waals surface area contributed by atoms with E-state index in [1.54, 1.807) is 6.92 Å². The molecule has 0 aromatic heterocycles. The maximum absolute atomic E-state index is 7.14. The van der Waals surface area contributed by atoms with Crippen LogP contribution in [0, 0.1) is 5.41 Å². The third kappa shape index (κ3) is 4.56. The molecule has 3 heteroatoms. The minimum absolute atomic E-state index is 0.00866. The van der Waals surface area contributed by atoms with E-state index < -0.39 is 0 Å². The first-order valence-electron chi connectivity index (χ1n) is 3.80. The summed E-state index contributed by atoms with van der Waals surface area (Å²) in [5.41, 5.74) is 7.08. The molecule has 4 N–H and O–H groups in total. The summed E-state index contributed by atoms with van der Waals surface area (Å²) in [6.07, 6.45) is 0.878. The van der Waals surface area contributed by atoms with Gasteiger partial charge in [-0.2, -0.15) is 0 Å². The molecule has 0 heterocycles. The summed E-state index contributed by atoms with van der Waals surface area (Å²) < 4.78 is 0. The van der Waals surface area contributed by atoms with Crippen molar-refractivity contribution in [3.8, 4) is 0 Å². The molecule has 0 aliphatic heterocycles. The fraction of sp³-hybridized carbons (Fsp3) is 0.625. The van der Waals surface area contributed by atoms with Gasteiger partial charge in [-0.1, -0.05) is 13.5 Å². The lowest BCUT2D eigenvalue weighted by atomic mass is 10.2. The topological polar surface area (TPSA) is 61.9 Å². The summed E-state index contributed by atoms with van der Waals surface area (Å²) in [6, 6.07) is 0.00866. The quantitative estimate of drug-likeness (QED) is 0.516. The van der Waals surface area contributed by atoms with Gasteiger partial charge in [-0.3, -0.25) is 0 Å². The highest BCUT2D eigenvalue weighted by atomic mass is 14.9. The number of nitrogens with two attached hydrogens (primary N) is 1. The molecule has 0 saturated heterocycles. The molecule has 11 heavy (non-hydrogen) atoms. The highest BCUT2D eigenvalue weighted by Gasteiger charge is 2.02. The number of nitrogens with one attached hydrogen (secondary N) is 2. The molecular weight excluding hydrogens is 138 g/mol. The summed E-state index contributed by atoms with van der Waals surface area (Å²) in [5, 5.41) is 10.1. The molecule has 0 aromatic rings. The lowest BCUT2D eigenvalue weighted by Crippen LogP contribution is -2.32. The van der Waals surface area contributed by atoms with Gasteiger partial charge in [0.1, 0.15) is 0 Å². The molecule has 0 bridgehead atoms. The van der Waals surface area contributed by atoms with Crippen LogP contribution in [0.4, 0.5) is 0 Å². The Morgan fingerprint density at radius 2 is 2.27 bits per heavy atom. The maximum Gasteiger partial charge on any atom is 0.0521 e. The van der Waals surface area contributed by atoms with E-state index in [9.17, 15) is 0 Å². The predicted molar refractivity (Wildman–Crippen MR) is 48.8 cm³/mol. The maximum atomic E-state index is 7.14. The van der Waals surface area contributed by atoms with E-state index in [2.05, 4.69) is 11.9 Å².